The standard InChI is InChI=1S/C15H14Cl2N4O4/c16-10-3-6-12(17)13(7-10)18-20-19-14(8-22)15(23)9-1-4-11(5-2-9)21(24)25/h1-7,14-15,22-23H,8H2,(H,18,19). The monoisotopic (exact) mass is 384 g/mol. The van der Waals surface area contributed by atoms with Gasteiger partial charge < -0.3 is 10.2 Å². The zero-order valence-electron chi connectivity index (χ0n) is 12.7. The molecule has 0 saturated heterocycles. The molecule has 0 spiro atoms. The van der Waals surface area contributed by atoms with Crippen LogP contribution < -0.4 is 5.43 Å². The van der Waals surface area contributed by atoms with Crippen molar-refractivity contribution in [1.82, 2.24) is 0 Å². The zero-order valence-corrected chi connectivity index (χ0v) is 14.2. The summed E-state index contributed by atoms with van der Waals surface area (Å²) in [5, 5.41) is 38.6. The Balaban J connectivity index is 2.07. The van der Waals surface area contributed by atoms with Crippen molar-refractivity contribution in [2.75, 3.05) is 12.0 Å². The normalized spacial score (nSPS) is 13.6. The van der Waals surface area contributed by atoms with Crippen molar-refractivity contribution in [3.05, 3.63) is 68.2 Å². The Kier molecular flexibility index (Phi) is 6.65. The van der Waals surface area contributed by atoms with E-state index >= 15 is 0 Å². The highest BCUT2D eigenvalue weighted by molar-refractivity contribution is 6.35. The third-order valence-corrected chi connectivity index (χ3v) is 3.87. The van der Waals surface area contributed by atoms with Crippen LogP contribution in [0.4, 0.5) is 11.4 Å². The van der Waals surface area contributed by atoms with Gasteiger partial charge in [0.2, 0.25) is 0 Å². The summed E-state index contributed by atoms with van der Waals surface area (Å²) in [6.07, 6.45) is -1.19. The van der Waals surface area contributed by atoms with Gasteiger partial charge in [0.1, 0.15) is 12.1 Å². The van der Waals surface area contributed by atoms with Gasteiger partial charge in [-0.15, -0.1) is 0 Å². The molecule has 2 atom stereocenters. The van der Waals surface area contributed by atoms with Gasteiger partial charge in [0.05, 0.1) is 22.2 Å². The van der Waals surface area contributed by atoms with Crippen LogP contribution in [0.1, 0.15) is 11.7 Å². The molecule has 25 heavy (non-hydrogen) atoms. The molecule has 0 aromatic heterocycles. The second kappa shape index (κ2) is 8.72. The van der Waals surface area contributed by atoms with Crippen LogP contribution >= 0.6 is 23.2 Å². The fraction of sp³-hybridized carbons (Fsp3) is 0.200. The maximum absolute atomic E-state index is 10.6. The topological polar surface area (TPSA) is 120 Å². The number of hydrogen-bond donors (Lipinski definition) is 3. The number of anilines is 1. The van der Waals surface area contributed by atoms with E-state index in [0.717, 1.165) is 0 Å². The lowest BCUT2D eigenvalue weighted by molar-refractivity contribution is -0.384. The van der Waals surface area contributed by atoms with E-state index in [2.05, 4.69) is 15.8 Å². The lowest BCUT2D eigenvalue weighted by atomic mass is 10.0. The Morgan fingerprint density at radius 1 is 1.20 bits per heavy atom. The number of nitrogens with zero attached hydrogens (tertiary/aromatic N) is 3. The number of halogens is 2. The third-order valence-electron chi connectivity index (χ3n) is 3.30. The lowest BCUT2D eigenvalue weighted by Crippen LogP contribution is -2.20. The molecule has 8 nitrogen and oxygen atoms in total. The predicted molar refractivity (Wildman–Crippen MR) is 93.9 cm³/mol. The summed E-state index contributed by atoms with van der Waals surface area (Å²) in [4.78, 5) is 10.1. The lowest BCUT2D eigenvalue weighted by Gasteiger charge is -2.16. The summed E-state index contributed by atoms with van der Waals surface area (Å²) in [6, 6.07) is 9.07. The molecule has 0 aliphatic carbocycles. The first-order valence-electron chi connectivity index (χ1n) is 7.06. The molecule has 0 aliphatic heterocycles. The molecule has 0 saturated carbocycles. The minimum absolute atomic E-state index is 0.101. The highest BCUT2D eigenvalue weighted by Crippen LogP contribution is 2.26. The van der Waals surface area contributed by atoms with Gasteiger partial charge in [-0.1, -0.05) is 28.4 Å². The number of benzene rings is 2. The van der Waals surface area contributed by atoms with Crippen molar-refractivity contribution in [2.24, 2.45) is 10.3 Å². The Bertz CT molecular complexity index is 771. The van der Waals surface area contributed by atoms with Crippen molar-refractivity contribution in [1.29, 1.82) is 0 Å². The van der Waals surface area contributed by atoms with Crippen molar-refractivity contribution in [2.45, 2.75) is 12.1 Å². The maximum atomic E-state index is 10.6. The molecule has 2 unspecified atom stereocenters. The maximum Gasteiger partial charge on any atom is 0.269 e. The summed E-state index contributed by atoms with van der Waals surface area (Å²) in [7, 11) is 0. The molecule has 0 bridgehead atoms. The molecule has 3 N–H and O–H groups in total. The van der Waals surface area contributed by atoms with Crippen LogP contribution in [0.5, 0.6) is 0 Å². The minimum Gasteiger partial charge on any atom is -0.394 e. The van der Waals surface area contributed by atoms with E-state index in [1.165, 1.54) is 24.3 Å². The fourth-order valence-electron chi connectivity index (χ4n) is 1.95. The van der Waals surface area contributed by atoms with Crippen LogP contribution in [0.25, 0.3) is 0 Å². The van der Waals surface area contributed by atoms with E-state index in [0.29, 0.717) is 21.3 Å². The molecule has 0 aliphatic rings. The zero-order chi connectivity index (χ0) is 18.4. The number of non-ortho nitro benzene ring substituents is 1. The van der Waals surface area contributed by atoms with E-state index in [9.17, 15) is 20.3 Å². The predicted octanol–water partition coefficient (Wildman–Crippen LogP) is 3.78. The molecular weight excluding hydrogens is 371 g/mol. The van der Waals surface area contributed by atoms with Crippen molar-refractivity contribution in [3.63, 3.8) is 0 Å². The van der Waals surface area contributed by atoms with Gasteiger partial charge in [0, 0.05) is 17.2 Å². The third kappa shape index (κ3) is 5.10. The van der Waals surface area contributed by atoms with Gasteiger partial charge in [-0.3, -0.25) is 15.5 Å². The van der Waals surface area contributed by atoms with Gasteiger partial charge in [0.15, 0.2) is 0 Å². The van der Waals surface area contributed by atoms with Crippen LogP contribution in [-0.2, 0) is 0 Å². The van der Waals surface area contributed by atoms with E-state index in [1.807, 2.05) is 0 Å². The van der Waals surface area contributed by atoms with Crippen molar-refractivity contribution in [3.8, 4) is 0 Å². The van der Waals surface area contributed by atoms with Crippen LogP contribution in [0, 0.1) is 10.1 Å². The summed E-state index contributed by atoms with van der Waals surface area (Å²) < 4.78 is 0. The Hall–Kier alpha value is -2.26. The Morgan fingerprint density at radius 3 is 2.48 bits per heavy atom. The van der Waals surface area contributed by atoms with E-state index in [1.54, 1.807) is 18.2 Å². The number of aliphatic hydroxyl groups is 2. The summed E-state index contributed by atoms with van der Waals surface area (Å²) in [5.41, 5.74) is 3.26. The molecule has 0 fully saturated rings. The number of nitrogens with one attached hydrogen (secondary N) is 1. The molecule has 0 radical (unpaired) electrons. The fourth-order valence-corrected chi connectivity index (χ4v) is 2.29. The molecule has 0 amide bonds. The first-order valence-corrected chi connectivity index (χ1v) is 7.82. The Labute approximate surface area is 152 Å². The Morgan fingerprint density at radius 2 is 1.88 bits per heavy atom. The van der Waals surface area contributed by atoms with Crippen LogP contribution in [0.2, 0.25) is 10.0 Å². The van der Waals surface area contributed by atoms with Gasteiger partial charge >= 0.3 is 0 Å². The number of rotatable bonds is 7. The SMILES string of the molecule is O=[N+]([O-])c1ccc(C(O)C(CO)N=NNc2cc(Cl)ccc2Cl)cc1. The smallest absolute Gasteiger partial charge is 0.269 e. The molecule has 132 valence electrons. The van der Waals surface area contributed by atoms with Gasteiger partial charge in [-0.25, -0.2) is 0 Å². The van der Waals surface area contributed by atoms with Crippen molar-refractivity contribution >= 4 is 34.6 Å². The highest BCUT2D eigenvalue weighted by Gasteiger charge is 2.21. The van der Waals surface area contributed by atoms with Crippen molar-refractivity contribution < 1.29 is 15.1 Å². The second-order valence-electron chi connectivity index (χ2n) is 4.99. The van der Waals surface area contributed by atoms with Crippen LogP contribution in [0.15, 0.2) is 52.8 Å². The molecule has 0 heterocycles. The van der Waals surface area contributed by atoms with E-state index < -0.39 is 23.7 Å². The van der Waals surface area contributed by atoms with Crippen LogP contribution in [-0.4, -0.2) is 27.8 Å². The number of aliphatic hydroxyl groups excluding tert-OH is 2. The average molecular weight is 385 g/mol. The van der Waals surface area contributed by atoms with E-state index in [4.69, 9.17) is 23.2 Å². The summed E-state index contributed by atoms with van der Waals surface area (Å²) in [5.74, 6) is 0. The van der Waals surface area contributed by atoms with Gasteiger partial charge in [0.25, 0.3) is 5.69 Å². The number of nitro benzene ring substituents is 1. The number of nitro groups is 1. The quantitative estimate of drug-likeness (QED) is 0.381. The van der Waals surface area contributed by atoms with Gasteiger partial charge in [-0.05, 0) is 35.9 Å². The first kappa shape index (κ1) is 19.1. The summed E-state index contributed by atoms with van der Waals surface area (Å²) >= 11 is 11.8. The highest BCUT2D eigenvalue weighted by atomic mass is 35.5. The molecule has 2 aromatic carbocycles. The molecular formula is C15H14Cl2N4O4. The molecule has 2 rings (SSSR count). The largest absolute Gasteiger partial charge is 0.394 e. The minimum atomic E-state index is -1.19. The summed E-state index contributed by atoms with van der Waals surface area (Å²) in [6.45, 7) is -0.480. The van der Waals surface area contributed by atoms with E-state index in [-0.39, 0.29) is 5.69 Å². The van der Waals surface area contributed by atoms with Crippen LogP contribution in [0.3, 0.4) is 0 Å². The molecule has 2 aromatic rings. The first-order chi connectivity index (χ1) is 11.9. The second-order valence-corrected chi connectivity index (χ2v) is 5.84. The average Bonchev–Trinajstić information content (AvgIpc) is 2.61. The van der Waals surface area contributed by atoms with Gasteiger partial charge in [-0.2, -0.15) is 5.11 Å². The number of hydrogen-bond acceptors (Lipinski definition) is 6. The molecule has 10 heteroatoms.